The predicted octanol–water partition coefficient (Wildman–Crippen LogP) is -14.2. The summed E-state index contributed by atoms with van der Waals surface area (Å²) in [6, 6.07) is 0. The number of hydrogen-bond donors (Lipinski definition) is 19. The van der Waals surface area contributed by atoms with Crippen LogP contribution in [0.4, 0.5) is 0 Å². The third-order valence-corrected chi connectivity index (χ3v) is 23.0. The second-order valence-corrected chi connectivity index (χ2v) is 34.3. The molecule has 0 aromatic carbocycles. The van der Waals surface area contributed by atoms with Gasteiger partial charge in [-0.05, 0) is 13.8 Å². The second kappa shape index (κ2) is 61.8. The number of nitrogens with one attached hydrogen (secondary N) is 8. The first-order chi connectivity index (χ1) is 63.5. The first kappa shape index (κ1) is 114. The summed E-state index contributed by atoms with van der Waals surface area (Å²) in [6.45, 7) is -2.69. The van der Waals surface area contributed by atoms with Crippen LogP contribution in [0.3, 0.4) is 0 Å². The fraction of sp³-hybridized carbons (Fsp3) is 0.775. The molecule has 3 unspecified atom stereocenters. The molecule has 5 aliphatic heterocycles. The number of carboxylic acid groups (broad SMARTS) is 10. The first-order valence-electron chi connectivity index (χ1n) is 44.7. The van der Waals surface area contributed by atoms with Gasteiger partial charge in [-0.1, -0.05) is 0 Å². The molecule has 0 aromatic heterocycles. The summed E-state index contributed by atoms with van der Waals surface area (Å²) in [5, 5.41) is 131. The van der Waals surface area contributed by atoms with Crippen LogP contribution in [0.25, 0.3) is 0 Å². The summed E-state index contributed by atoms with van der Waals surface area (Å²) in [6.07, 6.45) is -1.63. The lowest BCUT2D eigenvalue weighted by molar-refractivity contribution is -0.140. The number of aliphatic hydroxyl groups excluding tert-OH is 1. The average Bonchev–Trinajstić information content (AvgIpc) is 1.66. The summed E-state index contributed by atoms with van der Waals surface area (Å²) >= 11 is 0. The van der Waals surface area contributed by atoms with E-state index in [2.05, 4.69) is 47.4 Å². The number of ketones is 1. The van der Waals surface area contributed by atoms with Gasteiger partial charge in [0, 0.05) is 254 Å². The van der Waals surface area contributed by atoms with Crippen LogP contribution in [0.15, 0.2) is 0 Å². The minimum absolute atomic E-state index is 0.00315. The molecule has 5 saturated heterocycles. The highest BCUT2D eigenvalue weighted by Crippen LogP contribution is 2.22. The zero-order valence-electron chi connectivity index (χ0n) is 76.7. The van der Waals surface area contributed by atoms with Crippen LogP contribution in [0.5, 0.6) is 0 Å². The van der Waals surface area contributed by atoms with Crippen molar-refractivity contribution in [1.29, 1.82) is 0 Å². The van der Waals surface area contributed by atoms with Crippen molar-refractivity contribution in [2.45, 2.75) is 32.3 Å². The van der Waals surface area contributed by atoms with Crippen LogP contribution in [-0.4, -0.2) is 626 Å². The molecule has 5 rings (SSSR count). The van der Waals surface area contributed by atoms with Crippen LogP contribution in [0.1, 0.15) is 13.8 Å². The van der Waals surface area contributed by atoms with Crippen LogP contribution < -0.4 is 42.5 Å². The third-order valence-electron chi connectivity index (χ3n) is 23.0. The van der Waals surface area contributed by atoms with E-state index in [0.717, 1.165) is 0 Å². The van der Waals surface area contributed by atoms with Gasteiger partial charge in [-0.3, -0.25) is 170 Å². The molecule has 5 fully saturated rings. The zero-order valence-corrected chi connectivity index (χ0v) is 76.7. The van der Waals surface area contributed by atoms with Crippen molar-refractivity contribution in [2.75, 3.05) is 367 Å². The lowest BCUT2D eigenvalue weighted by Gasteiger charge is -2.35. The average molecular weight is 1920 g/mol. The van der Waals surface area contributed by atoms with Gasteiger partial charge in [0.15, 0.2) is 0 Å². The molecule has 0 spiro atoms. The van der Waals surface area contributed by atoms with E-state index in [1.807, 2.05) is 11.8 Å². The van der Waals surface area contributed by atoms with E-state index >= 15 is 0 Å². The number of aliphatic carboxylic acids is 10. The summed E-state index contributed by atoms with van der Waals surface area (Å²) in [5.74, 6) is -17.5. The molecule has 0 bridgehead atoms. The molecule has 19 N–H and O–H groups in total. The molecule has 54 nitrogen and oxygen atoms in total. The number of epoxide rings is 1. The van der Waals surface area contributed by atoms with Gasteiger partial charge in [0.1, 0.15) is 12.0 Å². The van der Waals surface area contributed by atoms with Crippen molar-refractivity contribution in [2.24, 2.45) is 5.41 Å². The van der Waals surface area contributed by atoms with Gasteiger partial charge in [-0.2, -0.15) is 0 Å². The van der Waals surface area contributed by atoms with Gasteiger partial charge in [0.05, 0.1) is 130 Å². The number of ether oxygens (including phenoxy) is 1. The summed E-state index contributed by atoms with van der Waals surface area (Å²) in [5.41, 5.74) is -1.78. The number of β-amino-alcohol motifs (C(OH)–C–C–N with tert-alkyl or cyclic N) is 1. The van der Waals surface area contributed by atoms with Gasteiger partial charge in [-0.15, -0.1) is 0 Å². The highest BCUT2D eigenvalue weighted by atomic mass is 16.6. The minimum atomic E-state index is -1.78. The Kier molecular flexibility index (Phi) is 52.8. The van der Waals surface area contributed by atoms with Gasteiger partial charge in [-0.25, -0.2) is 0 Å². The number of amides is 7. The molecule has 3 atom stereocenters. The first-order valence-corrected chi connectivity index (χ1v) is 44.7. The zero-order chi connectivity index (χ0) is 98.8. The molecular formula is C80H140N24O30. The van der Waals surface area contributed by atoms with Gasteiger partial charge < -0.3 is 98.1 Å². The highest BCUT2D eigenvalue weighted by Gasteiger charge is 2.38. The molecule has 760 valence electrons. The topological polar surface area (TPSA) is 690 Å². The second-order valence-electron chi connectivity index (χ2n) is 34.3. The van der Waals surface area contributed by atoms with Crippen molar-refractivity contribution >= 4 is 107 Å². The maximum Gasteiger partial charge on any atom is 0.317 e. The minimum Gasteiger partial charge on any atom is -0.480 e. The lowest BCUT2D eigenvalue weighted by Crippen LogP contribution is -2.59. The summed E-state index contributed by atoms with van der Waals surface area (Å²) in [4.78, 5) is 258. The van der Waals surface area contributed by atoms with Gasteiger partial charge in [0.25, 0.3) is 0 Å². The number of rotatable bonds is 49. The van der Waals surface area contributed by atoms with E-state index in [-0.39, 0.29) is 241 Å². The fourth-order valence-electron chi connectivity index (χ4n) is 15.4. The van der Waals surface area contributed by atoms with Crippen LogP contribution in [0.2, 0.25) is 0 Å². The molecule has 0 radical (unpaired) electrons. The molecule has 0 aromatic rings. The molecule has 54 heteroatoms. The van der Waals surface area contributed by atoms with E-state index in [4.69, 9.17) is 4.74 Å². The van der Waals surface area contributed by atoms with E-state index in [0.29, 0.717) is 26.2 Å². The van der Waals surface area contributed by atoms with Crippen molar-refractivity contribution in [3.05, 3.63) is 0 Å². The molecule has 134 heavy (non-hydrogen) atoms. The number of nitrogens with zero attached hydrogens (tertiary/aromatic N) is 16. The van der Waals surface area contributed by atoms with E-state index in [1.165, 1.54) is 26.5 Å². The smallest absolute Gasteiger partial charge is 0.317 e. The van der Waals surface area contributed by atoms with Crippen molar-refractivity contribution < 1.29 is 147 Å². The Bertz CT molecular complexity index is 3620. The fourth-order valence-corrected chi connectivity index (χ4v) is 15.4. The Hall–Kier alpha value is -10.1. The Morgan fingerprint density at radius 3 is 0.612 bits per heavy atom. The number of carbonyl (C=O) groups is 18. The Labute approximate surface area is 776 Å². The van der Waals surface area contributed by atoms with Crippen molar-refractivity contribution in [3.63, 3.8) is 0 Å². The van der Waals surface area contributed by atoms with Crippen LogP contribution in [-0.2, 0) is 91.0 Å². The number of Topliss-reactive ketones (excluding diaryl/α,β-unsaturated/α-hetero) is 1. The largest absolute Gasteiger partial charge is 0.480 e. The number of carbonyl (C=O) groups excluding carboxylic acids is 8. The molecular weight excluding hydrogens is 1780 g/mol. The molecule has 7 amide bonds. The van der Waals surface area contributed by atoms with Gasteiger partial charge >= 0.3 is 59.7 Å². The molecule has 0 aliphatic carbocycles. The Morgan fingerprint density at radius 2 is 0.425 bits per heavy atom. The quantitative estimate of drug-likeness (QED) is 0.0199. The van der Waals surface area contributed by atoms with Crippen LogP contribution >= 0.6 is 0 Å². The van der Waals surface area contributed by atoms with Crippen molar-refractivity contribution in [1.82, 2.24) is 121 Å². The number of hydrogen-bond acceptors (Lipinski definition) is 37. The van der Waals surface area contributed by atoms with E-state index in [1.54, 1.807) is 49.0 Å². The summed E-state index contributed by atoms with van der Waals surface area (Å²) in [7, 11) is 0. The maximum absolute atomic E-state index is 14.4. The highest BCUT2D eigenvalue weighted by molar-refractivity contribution is 5.88. The Balaban J connectivity index is 1.48. The summed E-state index contributed by atoms with van der Waals surface area (Å²) < 4.78 is 5.71. The predicted molar refractivity (Wildman–Crippen MR) is 472 cm³/mol. The number of aliphatic hydroxyl groups is 1. The van der Waals surface area contributed by atoms with E-state index in [9.17, 15) is 142 Å². The SMILES string of the molecule is CC(=O)CN1CCN(CC(=O)O)CCN(CC(=O)O)CCN(CC(O)NCC(=O)NCC(CNC(=O)CNC(=O)CN2CCN(CC(=O)O)CCN(CC(=O)O)CCN(CC(=O)O)CC2)(CNC(=O)CNC(=O)CN2CCN(CC(=O)O)CCN(CC(=O)O)CCN(CC(=O)O)CC2)CNC(=O)CNC(=O)CN2CCN(CC(=O)O)CCN(CC(=O)O)CCN(CC3OC3C)CC2)CC1. The van der Waals surface area contributed by atoms with E-state index < -0.39 is 230 Å². The standard InChI is InChI=1S/C80H140N24O30/c1-59(105)39-89-3-7-91(9-17-97(47-72(118)119)25-23-95(15-4-89)45-70(114)115)41-66(110)81-35-62(106)85-55-80(57-87-64(108)37-83-68(112)43-93-11-19-99(49-74(122)123)27-31-103(53-78(130)131)32-28-100(20-12-93)50-75(124)125,58-88-65(109)38-84-69(113)44-94-13-21-101(51-76(126)127)29-33-104(54-79(132)133)34-30-102(22-14-94)52-77(128)129)56-86-63(107)36-82-67(111)42-92-8-5-90(40-61-60(2)134-61)6-16-96(46-71(116)117)24-26-98(18-10-92)48-73(120)121/h60-61,66,81,110H,3-58H2,1-2H3,(H,82,111)(H,83,112)(H,84,113)(H,85,106)(H,86,107)(H,87,108)(H,88,109)(H,114,115)(H,116,117)(H,118,119)(H,120,121)(H,122,123)(H,124,125)(H,126,127)(H,128,129)(H,130,131)(H,132,133). The molecule has 5 heterocycles. The third kappa shape index (κ3) is 52.7. The molecule has 0 saturated carbocycles. The number of carboxylic acids is 10. The van der Waals surface area contributed by atoms with Crippen molar-refractivity contribution in [3.8, 4) is 0 Å². The lowest BCUT2D eigenvalue weighted by atomic mass is 9.86. The maximum atomic E-state index is 14.4. The van der Waals surface area contributed by atoms with Gasteiger partial charge in [0.2, 0.25) is 41.4 Å². The Morgan fingerprint density at radius 1 is 0.254 bits per heavy atom. The normalized spacial score (nSPS) is 20.3. The monoisotopic (exact) mass is 1920 g/mol. The van der Waals surface area contributed by atoms with Crippen LogP contribution in [0, 0.1) is 5.41 Å². The molecule has 5 aliphatic rings.